The van der Waals surface area contributed by atoms with Crippen molar-refractivity contribution in [3.63, 3.8) is 0 Å². The quantitative estimate of drug-likeness (QED) is 0.865. The van der Waals surface area contributed by atoms with Crippen LogP contribution < -0.4 is 5.32 Å². The summed E-state index contributed by atoms with van der Waals surface area (Å²) in [4.78, 5) is 0.108. The molecule has 0 aromatic heterocycles. The zero-order valence-corrected chi connectivity index (χ0v) is 11.0. The average Bonchev–Trinajstić information content (AvgIpc) is 2.27. The molecule has 0 heterocycles. The van der Waals surface area contributed by atoms with Crippen LogP contribution in [-0.4, -0.2) is 33.4 Å². The smallest absolute Gasteiger partial charge is 0.242 e. The summed E-state index contributed by atoms with van der Waals surface area (Å²) in [5.74, 6) is -0.399. The summed E-state index contributed by atoms with van der Waals surface area (Å²) in [6, 6.07) is 3.83. The molecule has 0 saturated heterocycles. The van der Waals surface area contributed by atoms with E-state index in [2.05, 4.69) is 5.32 Å². The first-order valence-electron chi connectivity index (χ1n) is 5.31. The maximum atomic E-state index is 13.4. The van der Waals surface area contributed by atoms with E-state index in [1.54, 1.807) is 0 Å². The van der Waals surface area contributed by atoms with Gasteiger partial charge in [-0.15, -0.1) is 0 Å². The molecule has 0 atom stereocenters. The Balaban J connectivity index is 3.13. The lowest BCUT2D eigenvalue weighted by Gasteiger charge is -2.13. The molecule has 96 valence electrons. The molecule has 0 aliphatic rings. The van der Waals surface area contributed by atoms with Gasteiger partial charge in [-0.1, -0.05) is 6.92 Å². The standard InChI is InChI=1S/C11H17FN2O2S/c1-4-13-8-9-7-10(5-6-11(9)12)17(15,16)14(2)3/h5-7,13H,4,8H2,1-3H3. The Morgan fingerprint density at radius 3 is 2.53 bits per heavy atom. The molecule has 0 saturated carbocycles. The van der Waals surface area contributed by atoms with Gasteiger partial charge in [0.1, 0.15) is 5.82 Å². The van der Waals surface area contributed by atoms with Gasteiger partial charge in [-0.25, -0.2) is 17.1 Å². The molecule has 0 amide bonds. The molecule has 1 rings (SSSR count). The van der Waals surface area contributed by atoms with Gasteiger partial charge >= 0.3 is 0 Å². The fourth-order valence-electron chi connectivity index (χ4n) is 1.32. The van der Waals surface area contributed by atoms with Gasteiger partial charge in [0.15, 0.2) is 0 Å². The molecular formula is C11H17FN2O2S. The molecular weight excluding hydrogens is 243 g/mol. The highest BCUT2D eigenvalue weighted by molar-refractivity contribution is 7.89. The van der Waals surface area contributed by atoms with Crippen LogP contribution in [0.2, 0.25) is 0 Å². The molecule has 6 heteroatoms. The van der Waals surface area contributed by atoms with E-state index in [4.69, 9.17) is 0 Å². The van der Waals surface area contributed by atoms with Crippen molar-refractivity contribution in [2.45, 2.75) is 18.4 Å². The Labute approximate surface area is 101 Å². The van der Waals surface area contributed by atoms with Gasteiger partial charge < -0.3 is 5.32 Å². The van der Waals surface area contributed by atoms with E-state index in [0.29, 0.717) is 18.7 Å². The lowest BCUT2D eigenvalue weighted by Crippen LogP contribution is -2.22. The normalized spacial score (nSPS) is 12.1. The molecule has 1 aromatic carbocycles. The minimum atomic E-state index is -3.50. The number of benzene rings is 1. The van der Waals surface area contributed by atoms with E-state index in [-0.39, 0.29) is 4.90 Å². The Morgan fingerprint density at radius 2 is 2.00 bits per heavy atom. The van der Waals surface area contributed by atoms with E-state index >= 15 is 0 Å². The molecule has 0 bridgehead atoms. The minimum Gasteiger partial charge on any atom is -0.313 e. The fraction of sp³-hybridized carbons (Fsp3) is 0.455. The highest BCUT2D eigenvalue weighted by Crippen LogP contribution is 2.17. The number of rotatable bonds is 5. The van der Waals surface area contributed by atoms with Crippen LogP contribution >= 0.6 is 0 Å². The van der Waals surface area contributed by atoms with Gasteiger partial charge in [0.05, 0.1) is 4.90 Å². The molecule has 0 radical (unpaired) electrons. The second-order valence-electron chi connectivity index (χ2n) is 3.82. The third-order valence-corrected chi connectivity index (χ3v) is 4.17. The van der Waals surface area contributed by atoms with Crippen molar-refractivity contribution in [1.29, 1.82) is 0 Å². The summed E-state index contributed by atoms with van der Waals surface area (Å²) in [7, 11) is -0.608. The Kier molecular flexibility index (Phi) is 4.62. The van der Waals surface area contributed by atoms with E-state index in [9.17, 15) is 12.8 Å². The summed E-state index contributed by atoms with van der Waals surface area (Å²) in [6.07, 6.45) is 0. The van der Waals surface area contributed by atoms with Crippen molar-refractivity contribution in [2.24, 2.45) is 0 Å². The van der Waals surface area contributed by atoms with Crippen LogP contribution in [0.15, 0.2) is 23.1 Å². The number of sulfonamides is 1. The van der Waals surface area contributed by atoms with E-state index in [1.165, 1.54) is 32.3 Å². The second-order valence-corrected chi connectivity index (χ2v) is 5.97. The van der Waals surface area contributed by atoms with E-state index < -0.39 is 15.8 Å². The fourth-order valence-corrected chi connectivity index (χ4v) is 2.27. The lowest BCUT2D eigenvalue weighted by molar-refractivity contribution is 0.519. The summed E-state index contributed by atoms with van der Waals surface area (Å²) >= 11 is 0. The monoisotopic (exact) mass is 260 g/mol. The number of halogens is 1. The molecule has 0 aliphatic heterocycles. The zero-order valence-electron chi connectivity index (χ0n) is 10.2. The summed E-state index contributed by atoms with van der Waals surface area (Å²) in [5.41, 5.74) is 0.356. The molecule has 1 aromatic rings. The summed E-state index contributed by atoms with van der Waals surface area (Å²) in [6.45, 7) is 2.92. The number of hydrogen-bond donors (Lipinski definition) is 1. The molecule has 17 heavy (non-hydrogen) atoms. The van der Waals surface area contributed by atoms with Crippen molar-refractivity contribution >= 4 is 10.0 Å². The van der Waals surface area contributed by atoms with Crippen LogP contribution in [0.1, 0.15) is 12.5 Å². The van der Waals surface area contributed by atoms with Gasteiger partial charge in [-0.05, 0) is 24.7 Å². The molecule has 4 nitrogen and oxygen atoms in total. The van der Waals surface area contributed by atoms with Gasteiger partial charge in [0, 0.05) is 26.2 Å². The highest BCUT2D eigenvalue weighted by Gasteiger charge is 2.18. The SMILES string of the molecule is CCNCc1cc(S(=O)(=O)N(C)C)ccc1F. The molecule has 0 unspecified atom stereocenters. The van der Waals surface area contributed by atoms with Crippen LogP contribution in [0.4, 0.5) is 4.39 Å². The molecule has 0 spiro atoms. The maximum Gasteiger partial charge on any atom is 0.242 e. The lowest BCUT2D eigenvalue weighted by atomic mass is 10.2. The zero-order chi connectivity index (χ0) is 13.1. The first-order valence-corrected chi connectivity index (χ1v) is 6.75. The van der Waals surface area contributed by atoms with Crippen molar-refractivity contribution in [3.05, 3.63) is 29.6 Å². The van der Waals surface area contributed by atoms with E-state index in [1.807, 2.05) is 6.92 Å². The maximum absolute atomic E-state index is 13.4. The summed E-state index contributed by atoms with van der Waals surface area (Å²) < 4.78 is 38.2. The second kappa shape index (κ2) is 5.57. The average molecular weight is 260 g/mol. The Bertz CT molecular complexity index is 486. The van der Waals surface area contributed by atoms with Crippen molar-refractivity contribution in [2.75, 3.05) is 20.6 Å². The molecule has 0 fully saturated rings. The predicted octanol–water partition coefficient (Wildman–Crippen LogP) is 1.19. The number of hydrogen-bond acceptors (Lipinski definition) is 3. The first kappa shape index (κ1) is 14.1. The van der Waals surface area contributed by atoms with Crippen LogP contribution in [0.3, 0.4) is 0 Å². The largest absolute Gasteiger partial charge is 0.313 e. The van der Waals surface area contributed by atoms with Crippen molar-refractivity contribution < 1.29 is 12.8 Å². The predicted molar refractivity (Wildman–Crippen MR) is 64.7 cm³/mol. The van der Waals surface area contributed by atoms with Crippen molar-refractivity contribution in [1.82, 2.24) is 9.62 Å². The topological polar surface area (TPSA) is 49.4 Å². The van der Waals surface area contributed by atoms with Gasteiger partial charge in [0.2, 0.25) is 10.0 Å². The molecule has 1 N–H and O–H groups in total. The first-order chi connectivity index (χ1) is 7.89. The van der Waals surface area contributed by atoms with Gasteiger partial charge in [0.25, 0.3) is 0 Å². The van der Waals surface area contributed by atoms with Crippen LogP contribution in [0.25, 0.3) is 0 Å². The third-order valence-electron chi connectivity index (χ3n) is 2.36. The minimum absolute atomic E-state index is 0.108. The third kappa shape index (κ3) is 3.24. The van der Waals surface area contributed by atoms with Gasteiger partial charge in [-0.2, -0.15) is 0 Å². The number of nitrogens with one attached hydrogen (secondary N) is 1. The van der Waals surface area contributed by atoms with Crippen LogP contribution in [0.5, 0.6) is 0 Å². The van der Waals surface area contributed by atoms with Crippen molar-refractivity contribution in [3.8, 4) is 0 Å². The highest BCUT2D eigenvalue weighted by atomic mass is 32.2. The van der Waals surface area contributed by atoms with Gasteiger partial charge in [-0.3, -0.25) is 0 Å². The summed E-state index contributed by atoms with van der Waals surface area (Å²) in [5, 5.41) is 2.96. The van der Waals surface area contributed by atoms with Crippen LogP contribution in [-0.2, 0) is 16.6 Å². The number of nitrogens with zero attached hydrogens (tertiary/aromatic N) is 1. The Morgan fingerprint density at radius 1 is 1.35 bits per heavy atom. The van der Waals surface area contributed by atoms with E-state index in [0.717, 1.165) is 4.31 Å². The van der Waals surface area contributed by atoms with Crippen LogP contribution in [0, 0.1) is 5.82 Å². The molecule has 0 aliphatic carbocycles. The Hall–Kier alpha value is -0.980.